The molecule has 31 heavy (non-hydrogen) atoms. The van der Waals surface area contributed by atoms with E-state index >= 15 is 0 Å². The highest BCUT2D eigenvalue weighted by atomic mass is 19.3. The number of hydrogen-bond acceptors (Lipinski definition) is 6. The summed E-state index contributed by atoms with van der Waals surface area (Å²) in [6, 6.07) is -0.663. The largest absolute Gasteiger partial charge is 0.450 e. The molecule has 4 fully saturated rings. The van der Waals surface area contributed by atoms with Crippen LogP contribution >= 0.6 is 0 Å². The van der Waals surface area contributed by atoms with Crippen molar-refractivity contribution in [3.05, 3.63) is 0 Å². The number of carbonyl (C=O) groups excluding carboxylic acids is 2. The fraction of sp³-hybridized carbons (Fsp3) is 0.905. The molecule has 3 aliphatic heterocycles. The Hall–Kier alpha value is -1.52. The van der Waals surface area contributed by atoms with Gasteiger partial charge in [-0.15, -0.1) is 0 Å². The minimum atomic E-state index is -2.86. The summed E-state index contributed by atoms with van der Waals surface area (Å²) in [5.41, 5.74) is 2.41. The second-order valence-corrected chi connectivity index (χ2v) is 9.70. The Bertz CT molecular complexity index is 688. The first-order chi connectivity index (χ1) is 14.8. The van der Waals surface area contributed by atoms with Gasteiger partial charge < -0.3 is 15.0 Å². The van der Waals surface area contributed by atoms with Crippen LogP contribution in [0, 0.1) is 11.3 Å². The van der Waals surface area contributed by atoms with Gasteiger partial charge in [-0.05, 0) is 56.9 Å². The third kappa shape index (κ3) is 4.66. The Morgan fingerprint density at radius 3 is 2.71 bits per heavy atom. The highest BCUT2D eigenvalue weighted by Gasteiger charge is 2.54. The van der Waals surface area contributed by atoms with E-state index in [1.165, 1.54) is 7.11 Å². The number of nitrogens with one attached hydrogen (secondary N) is 2. The normalized spacial score (nSPS) is 37.6. The van der Waals surface area contributed by atoms with Gasteiger partial charge >= 0.3 is 6.09 Å². The van der Waals surface area contributed by atoms with E-state index in [4.69, 9.17) is 4.74 Å². The first kappa shape index (κ1) is 22.7. The molecule has 1 saturated carbocycles. The smallest absolute Gasteiger partial charge is 0.409 e. The van der Waals surface area contributed by atoms with Crippen molar-refractivity contribution in [2.75, 3.05) is 39.9 Å². The molecular formula is C21H34F2N4O4. The van der Waals surface area contributed by atoms with Crippen LogP contribution in [-0.4, -0.2) is 85.7 Å². The van der Waals surface area contributed by atoms with Crippen molar-refractivity contribution in [3.63, 3.8) is 0 Å². The molecule has 4 rings (SSSR count). The SMILES string of the molecule is CCOC(=O)N1CCC2(CC(C3CC(N4CC(F)(F)C[C@@H]4C(=O)NOC)CCN3)C2)C1. The Balaban J connectivity index is 1.33. The molecule has 0 aromatic rings. The molecule has 0 bridgehead atoms. The minimum absolute atomic E-state index is 0.0524. The summed E-state index contributed by atoms with van der Waals surface area (Å²) in [6.07, 6.45) is 3.89. The van der Waals surface area contributed by atoms with Crippen molar-refractivity contribution in [2.24, 2.45) is 11.3 Å². The molecule has 10 heteroatoms. The van der Waals surface area contributed by atoms with Crippen molar-refractivity contribution < 1.29 is 27.9 Å². The molecule has 3 saturated heterocycles. The topological polar surface area (TPSA) is 83.1 Å². The van der Waals surface area contributed by atoms with E-state index in [0.29, 0.717) is 12.5 Å². The minimum Gasteiger partial charge on any atom is -0.450 e. The zero-order valence-electron chi connectivity index (χ0n) is 18.4. The Labute approximate surface area is 181 Å². The van der Waals surface area contributed by atoms with Gasteiger partial charge in [-0.25, -0.2) is 19.1 Å². The molecule has 3 heterocycles. The number of hydrogen-bond donors (Lipinski definition) is 2. The molecule has 1 spiro atoms. The van der Waals surface area contributed by atoms with Crippen LogP contribution in [0.15, 0.2) is 0 Å². The standard InChI is InChI=1S/C21H34F2N4O4/c1-3-31-19(29)26-7-5-20(12-26)9-14(10-20)16-8-15(4-6-24-16)27-13-21(22,23)11-17(27)18(28)25-30-2/h14-17,24H,3-13H2,1-2H3,(H,25,28)/t14?,15?,16?,17-,20?/m1/s1. The molecule has 2 amide bonds. The van der Waals surface area contributed by atoms with Crippen molar-refractivity contribution in [1.29, 1.82) is 0 Å². The predicted octanol–water partition coefficient (Wildman–Crippen LogP) is 1.75. The molecule has 2 N–H and O–H groups in total. The number of halogens is 2. The lowest BCUT2D eigenvalue weighted by Crippen LogP contribution is -2.57. The molecule has 4 aliphatic rings. The van der Waals surface area contributed by atoms with Crippen LogP contribution in [0.25, 0.3) is 0 Å². The second kappa shape index (κ2) is 8.78. The van der Waals surface area contributed by atoms with E-state index < -0.39 is 24.3 Å². The summed E-state index contributed by atoms with van der Waals surface area (Å²) in [5, 5.41) is 3.58. The molecule has 2 unspecified atom stereocenters. The Morgan fingerprint density at radius 2 is 2.00 bits per heavy atom. The van der Waals surface area contributed by atoms with Gasteiger partial charge in [0.05, 0.1) is 26.3 Å². The molecule has 0 aromatic heterocycles. The maximum atomic E-state index is 14.2. The fourth-order valence-electron chi connectivity index (χ4n) is 6.20. The lowest BCUT2D eigenvalue weighted by molar-refractivity contribution is -0.137. The Kier molecular flexibility index (Phi) is 6.42. The zero-order valence-corrected chi connectivity index (χ0v) is 18.4. The van der Waals surface area contributed by atoms with Crippen molar-refractivity contribution >= 4 is 12.0 Å². The van der Waals surface area contributed by atoms with E-state index in [1.807, 2.05) is 11.8 Å². The van der Waals surface area contributed by atoms with Crippen LogP contribution < -0.4 is 10.8 Å². The van der Waals surface area contributed by atoms with Crippen LogP contribution in [0.4, 0.5) is 13.6 Å². The number of carbonyl (C=O) groups is 2. The number of alkyl halides is 2. The van der Waals surface area contributed by atoms with Gasteiger partial charge in [-0.2, -0.15) is 0 Å². The maximum Gasteiger partial charge on any atom is 0.409 e. The number of rotatable bonds is 5. The highest BCUT2D eigenvalue weighted by Crippen LogP contribution is 2.54. The fourth-order valence-corrected chi connectivity index (χ4v) is 6.20. The summed E-state index contributed by atoms with van der Waals surface area (Å²) < 4.78 is 33.5. The van der Waals surface area contributed by atoms with E-state index in [1.54, 1.807) is 4.90 Å². The first-order valence-electron chi connectivity index (χ1n) is 11.4. The predicted molar refractivity (Wildman–Crippen MR) is 108 cm³/mol. The lowest BCUT2D eigenvalue weighted by atomic mass is 9.58. The quantitative estimate of drug-likeness (QED) is 0.629. The van der Waals surface area contributed by atoms with Crippen LogP contribution in [-0.2, 0) is 14.4 Å². The molecule has 3 atom stereocenters. The summed E-state index contributed by atoms with van der Waals surface area (Å²) >= 11 is 0. The molecule has 8 nitrogen and oxygen atoms in total. The average Bonchev–Trinajstić information content (AvgIpc) is 3.29. The van der Waals surface area contributed by atoms with Gasteiger partial charge in [0.2, 0.25) is 0 Å². The van der Waals surface area contributed by atoms with Crippen LogP contribution in [0.3, 0.4) is 0 Å². The van der Waals surface area contributed by atoms with Crippen molar-refractivity contribution in [1.82, 2.24) is 20.6 Å². The number of hydroxylamine groups is 1. The molecule has 0 aromatic carbocycles. The van der Waals surface area contributed by atoms with E-state index in [0.717, 1.165) is 51.7 Å². The van der Waals surface area contributed by atoms with E-state index in [9.17, 15) is 18.4 Å². The molecular weight excluding hydrogens is 410 g/mol. The zero-order chi connectivity index (χ0) is 22.2. The van der Waals surface area contributed by atoms with Gasteiger partial charge in [0.1, 0.15) is 0 Å². The first-order valence-corrected chi connectivity index (χ1v) is 11.4. The van der Waals surface area contributed by atoms with Crippen molar-refractivity contribution in [3.8, 4) is 0 Å². The monoisotopic (exact) mass is 444 g/mol. The van der Waals surface area contributed by atoms with Crippen molar-refractivity contribution in [2.45, 2.75) is 69.5 Å². The summed E-state index contributed by atoms with van der Waals surface area (Å²) in [5.74, 6) is -2.89. The third-order valence-electron chi connectivity index (χ3n) is 7.61. The summed E-state index contributed by atoms with van der Waals surface area (Å²) in [7, 11) is 1.31. The van der Waals surface area contributed by atoms with Gasteiger partial charge in [0.25, 0.3) is 11.8 Å². The highest BCUT2D eigenvalue weighted by molar-refractivity contribution is 5.81. The summed E-state index contributed by atoms with van der Waals surface area (Å²) in [4.78, 5) is 32.5. The second-order valence-electron chi connectivity index (χ2n) is 9.70. The average molecular weight is 445 g/mol. The molecule has 0 radical (unpaired) electrons. The number of amides is 2. The molecule has 1 aliphatic carbocycles. The number of piperidine rings is 1. The molecule has 176 valence electrons. The van der Waals surface area contributed by atoms with E-state index in [-0.39, 0.29) is 30.1 Å². The number of ether oxygens (including phenoxy) is 1. The third-order valence-corrected chi connectivity index (χ3v) is 7.61. The maximum absolute atomic E-state index is 14.2. The van der Waals surface area contributed by atoms with Gasteiger partial charge in [0.15, 0.2) is 0 Å². The number of nitrogens with zero attached hydrogens (tertiary/aromatic N) is 2. The van der Waals surface area contributed by atoms with E-state index in [2.05, 4.69) is 15.6 Å². The van der Waals surface area contributed by atoms with Gasteiger partial charge in [-0.1, -0.05) is 0 Å². The van der Waals surface area contributed by atoms with Crippen LogP contribution in [0.5, 0.6) is 0 Å². The van der Waals surface area contributed by atoms with Crippen LogP contribution in [0.2, 0.25) is 0 Å². The van der Waals surface area contributed by atoms with Crippen LogP contribution in [0.1, 0.15) is 45.4 Å². The Morgan fingerprint density at radius 1 is 1.23 bits per heavy atom. The van der Waals surface area contributed by atoms with Gasteiger partial charge in [0, 0.05) is 31.6 Å². The van der Waals surface area contributed by atoms with Gasteiger partial charge in [-0.3, -0.25) is 14.5 Å². The summed E-state index contributed by atoms with van der Waals surface area (Å²) in [6.45, 7) is 4.07. The lowest BCUT2D eigenvalue weighted by Gasteiger charge is -2.51. The number of likely N-dealkylation sites (tertiary alicyclic amines) is 2.